The Hall–Kier alpha value is -7.50. The van der Waals surface area contributed by atoms with E-state index in [0.717, 1.165) is 78.4 Å². The van der Waals surface area contributed by atoms with Gasteiger partial charge in [0.05, 0.1) is 22.4 Å². The van der Waals surface area contributed by atoms with Gasteiger partial charge < -0.3 is 0 Å². The molecule has 0 N–H and O–H groups in total. The van der Waals surface area contributed by atoms with E-state index >= 15 is 0 Å². The van der Waals surface area contributed by atoms with Gasteiger partial charge in [0.25, 0.3) is 0 Å². The van der Waals surface area contributed by atoms with Gasteiger partial charge in [-0.3, -0.25) is 9.55 Å². The molecule has 0 aliphatic carbocycles. The van der Waals surface area contributed by atoms with E-state index in [1.54, 1.807) is 0 Å². The summed E-state index contributed by atoms with van der Waals surface area (Å²) in [6, 6.07) is 67.1. The summed E-state index contributed by atoms with van der Waals surface area (Å²) in [5, 5.41) is 2.31. The summed E-state index contributed by atoms with van der Waals surface area (Å²) in [6.07, 6.45) is 1.94. The SMILES string of the molecule is c1ccc(-c2cc(-c3ccc(-c4ccc(-c5ccc(-c6nc7ccccc7n6-c6ccccc6)nc5)cc4)c4ccccc34)nc(-c3ccccc3)n2)cc1. The van der Waals surface area contributed by atoms with Crippen LogP contribution in [-0.2, 0) is 0 Å². The zero-order valence-electron chi connectivity index (χ0n) is 29.8. The van der Waals surface area contributed by atoms with Gasteiger partial charge in [-0.2, -0.15) is 0 Å². The van der Waals surface area contributed by atoms with Crippen molar-refractivity contribution in [2.45, 2.75) is 0 Å². The van der Waals surface area contributed by atoms with Gasteiger partial charge in [0, 0.05) is 34.1 Å². The van der Waals surface area contributed by atoms with Crippen LogP contribution in [0, 0.1) is 0 Å². The van der Waals surface area contributed by atoms with Crippen LogP contribution in [0.3, 0.4) is 0 Å². The average Bonchev–Trinajstić information content (AvgIpc) is 3.67. The van der Waals surface area contributed by atoms with Crippen molar-refractivity contribution in [1.82, 2.24) is 24.5 Å². The molecule has 7 aromatic carbocycles. The second-order valence-corrected chi connectivity index (χ2v) is 13.5. The van der Waals surface area contributed by atoms with E-state index in [-0.39, 0.29) is 0 Å². The van der Waals surface area contributed by atoms with Crippen LogP contribution >= 0.6 is 0 Å². The van der Waals surface area contributed by atoms with Gasteiger partial charge in [-0.15, -0.1) is 0 Å². The van der Waals surface area contributed by atoms with E-state index in [1.165, 1.54) is 10.9 Å². The Balaban J connectivity index is 0.993. The molecule has 5 nitrogen and oxygen atoms in total. The molecule has 0 aliphatic rings. The molecule has 0 saturated carbocycles. The van der Waals surface area contributed by atoms with Gasteiger partial charge in [-0.05, 0) is 63.9 Å². The summed E-state index contributed by atoms with van der Waals surface area (Å²) in [5.74, 6) is 1.53. The number of fused-ring (bicyclic) bond motifs is 2. The molecule has 3 heterocycles. The summed E-state index contributed by atoms with van der Waals surface area (Å²) in [7, 11) is 0. The maximum absolute atomic E-state index is 5.13. The Morgan fingerprint density at radius 2 is 0.945 bits per heavy atom. The lowest BCUT2D eigenvalue weighted by Gasteiger charge is -2.14. The molecule has 0 atom stereocenters. The Labute approximate surface area is 318 Å². The van der Waals surface area contributed by atoms with E-state index in [2.05, 4.69) is 126 Å². The van der Waals surface area contributed by atoms with Crippen molar-refractivity contribution >= 4 is 21.8 Å². The molecule has 0 amide bonds. The fourth-order valence-corrected chi connectivity index (χ4v) is 7.41. The number of nitrogens with zero attached hydrogens (tertiary/aromatic N) is 5. The minimum atomic E-state index is 0.707. The third-order valence-electron chi connectivity index (χ3n) is 10.1. The molecule has 0 spiro atoms. The van der Waals surface area contributed by atoms with E-state index in [1.807, 2.05) is 79.0 Å². The van der Waals surface area contributed by atoms with Crippen molar-refractivity contribution in [2.75, 3.05) is 0 Å². The maximum Gasteiger partial charge on any atom is 0.164 e. The Bertz CT molecular complexity index is 2880. The van der Waals surface area contributed by atoms with Gasteiger partial charge in [0.2, 0.25) is 0 Å². The topological polar surface area (TPSA) is 56.5 Å². The number of imidazole rings is 1. The number of hydrogen-bond acceptors (Lipinski definition) is 4. The highest BCUT2D eigenvalue weighted by Gasteiger charge is 2.17. The number of rotatable bonds is 7. The first-order valence-electron chi connectivity index (χ1n) is 18.4. The minimum Gasteiger partial charge on any atom is -0.291 e. The lowest BCUT2D eigenvalue weighted by atomic mass is 9.92. The monoisotopic (exact) mass is 703 g/mol. The predicted octanol–water partition coefficient (Wildman–Crippen LogP) is 12.4. The quantitative estimate of drug-likeness (QED) is 0.166. The van der Waals surface area contributed by atoms with Gasteiger partial charge in [-0.1, -0.05) is 158 Å². The molecular formula is C50H33N5. The van der Waals surface area contributed by atoms with Crippen molar-refractivity contribution < 1.29 is 0 Å². The second-order valence-electron chi connectivity index (χ2n) is 13.5. The van der Waals surface area contributed by atoms with Crippen LogP contribution in [0.4, 0.5) is 0 Å². The molecule has 0 radical (unpaired) electrons. The van der Waals surface area contributed by atoms with Crippen LogP contribution in [0.25, 0.3) is 95.2 Å². The molecular weight excluding hydrogens is 671 g/mol. The number of benzene rings is 7. The van der Waals surface area contributed by atoms with Gasteiger partial charge in [-0.25, -0.2) is 15.0 Å². The smallest absolute Gasteiger partial charge is 0.164 e. The third-order valence-corrected chi connectivity index (χ3v) is 10.1. The van der Waals surface area contributed by atoms with Crippen LogP contribution in [0.15, 0.2) is 200 Å². The highest BCUT2D eigenvalue weighted by molar-refractivity contribution is 6.05. The molecule has 0 aliphatic heterocycles. The number of pyridine rings is 1. The molecule has 5 heteroatoms. The number of hydrogen-bond donors (Lipinski definition) is 0. The number of para-hydroxylation sites is 3. The molecule has 0 saturated heterocycles. The van der Waals surface area contributed by atoms with Crippen LogP contribution in [0.5, 0.6) is 0 Å². The summed E-state index contributed by atoms with van der Waals surface area (Å²) in [4.78, 5) is 20.0. The molecule has 0 fully saturated rings. The van der Waals surface area contributed by atoms with E-state index < -0.39 is 0 Å². The first kappa shape index (κ1) is 32.2. The predicted molar refractivity (Wildman–Crippen MR) is 225 cm³/mol. The molecule has 10 rings (SSSR count). The Kier molecular flexibility index (Phi) is 8.08. The first-order chi connectivity index (χ1) is 27.3. The zero-order chi connectivity index (χ0) is 36.6. The second kappa shape index (κ2) is 13.8. The summed E-state index contributed by atoms with van der Waals surface area (Å²) >= 11 is 0. The lowest BCUT2D eigenvalue weighted by molar-refractivity contribution is 1.08. The summed E-state index contributed by atoms with van der Waals surface area (Å²) < 4.78 is 2.18. The van der Waals surface area contributed by atoms with Crippen molar-refractivity contribution in [3.05, 3.63) is 200 Å². The van der Waals surface area contributed by atoms with Gasteiger partial charge >= 0.3 is 0 Å². The highest BCUT2D eigenvalue weighted by Crippen LogP contribution is 2.38. The van der Waals surface area contributed by atoms with Crippen molar-refractivity contribution in [3.63, 3.8) is 0 Å². The van der Waals surface area contributed by atoms with Crippen LogP contribution < -0.4 is 0 Å². The molecule has 0 unspecified atom stereocenters. The summed E-state index contributed by atoms with van der Waals surface area (Å²) in [6.45, 7) is 0. The normalized spacial score (nSPS) is 11.3. The number of aromatic nitrogens is 5. The largest absolute Gasteiger partial charge is 0.291 e. The van der Waals surface area contributed by atoms with Crippen LogP contribution in [-0.4, -0.2) is 24.5 Å². The molecule has 258 valence electrons. The van der Waals surface area contributed by atoms with Gasteiger partial charge in [0.1, 0.15) is 5.69 Å². The van der Waals surface area contributed by atoms with Crippen molar-refractivity contribution in [1.29, 1.82) is 0 Å². The van der Waals surface area contributed by atoms with E-state index in [4.69, 9.17) is 19.9 Å². The van der Waals surface area contributed by atoms with Gasteiger partial charge in [0.15, 0.2) is 11.6 Å². The van der Waals surface area contributed by atoms with Crippen molar-refractivity contribution in [3.8, 4) is 73.4 Å². The summed E-state index contributed by atoms with van der Waals surface area (Å²) in [5.41, 5.74) is 13.2. The fourth-order valence-electron chi connectivity index (χ4n) is 7.41. The molecule has 0 bridgehead atoms. The molecule has 3 aromatic heterocycles. The minimum absolute atomic E-state index is 0.707. The zero-order valence-corrected chi connectivity index (χ0v) is 29.8. The fraction of sp³-hybridized carbons (Fsp3) is 0. The first-order valence-corrected chi connectivity index (χ1v) is 18.4. The van der Waals surface area contributed by atoms with E-state index in [0.29, 0.717) is 5.82 Å². The van der Waals surface area contributed by atoms with Crippen LogP contribution in [0.2, 0.25) is 0 Å². The molecule has 10 aromatic rings. The lowest BCUT2D eigenvalue weighted by Crippen LogP contribution is -1.98. The average molecular weight is 704 g/mol. The Morgan fingerprint density at radius 1 is 0.364 bits per heavy atom. The third kappa shape index (κ3) is 6.04. The standard InChI is InChI=1S/C50H33N5/c1-4-14-36(15-5-1)46-32-47(53-49(52-46)37-16-6-2-7-17-37)43-30-29-40(41-20-10-11-21-42(41)43)35-26-24-34(25-27-35)38-28-31-45(51-33-38)50-54-44-22-12-13-23-48(44)55(50)39-18-8-3-9-19-39/h1-33H. The highest BCUT2D eigenvalue weighted by atomic mass is 15.1. The van der Waals surface area contributed by atoms with Crippen molar-refractivity contribution in [2.24, 2.45) is 0 Å². The van der Waals surface area contributed by atoms with E-state index in [9.17, 15) is 0 Å². The Morgan fingerprint density at radius 3 is 1.67 bits per heavy atom. The maximum atomic E-state index is 5.13. The van der Waals surface area contributed by atoms with Crippen LogP contribution in [0.1, 0.15) is 0 Å². The molecule has 55 heavy (non-hydrogen) atoms.